The summed E-state index contributed by atoms with van der Waals surface area (Å²) >= 11 is 0. The van der Waals surface area contributed by atoms with Crippen molar-refractivity contribution >= 4 is 17.8 Å². The molecule has 5 heteroatoms. The van der Waals surface area contributed by atoms with Crippen molar-refractivity contribution in [2.24, 2.45) is 5.41 Å². The van der Waals surface area contributed by atoms with Gasteiger partial charge in [0, 0.05) is 0 Å². The highest BCUT2D eigenvalue weighted by molar-refractivity contribution is 6.20. The van der Waals surface area contributed by atoms with Crippen LogP contribution in [0.5, 0.6) is 0 Å². The zero-order valence-electron chi connectivity index (χ0n) is 11.4. The number of amides is 2. The van der Waals surface area contributed by atoms with E-state index in [9.17, 15) is 14.4 Å². The second-order valence-corrected chi connectivity index (χ2v) is 5.21. The van der Waals surface area contributed by atoms with Crippen molar-refractivity contribution in [2.75, 3.05) is 0 Å². The normalized spacial score (nSPS) is 14.2. The molecule has 1 heterocycles. The minimum atomic E-state index is -0.850. The number of rotatable bonds is 4. The maximum absolute atomic E-state index is 12.0. The molecule has 0 aromatic heterocycles. The van der Waals surface area contributed by atoms with Crippen LogP contribution < -0.4 is 0 Å². The lowest BCUT2D eigenvalue weighted by Gasteiger charge is -2.22. The molecule has 0 saturated heterocycles. The molecular weight excluding hydrogens is 258 g/mol. The van der Waals surface area contributed by atoms with Crippen LogP contribution in [0.1, 0.15) is 41.0 Å². The summed E-state index contributed by atoms with van der Waals surface area (Å²) in [4.78, 5) is 41.1. The SMILES string of the molecule is C=CCC(C)(C)C(=O)ON1C(=O)c2ccccc2C1=O. The molecule has 1 aromatic rings. The highest BCUT2D eigenvalue weighted by Gasteiger charge is 2.41. The van der Waals surface area contributed by atoms with E-state index in [0.717, 1.165) is 0 Å². The summed E-state index contributed by atoms with van der Waals surface area (Å²) in [7, 11) is 0. The van der Waals surface area contributed by atoms with Gasteiger partial charge in [0.2, 0.25) is 0 Å². The zero-order chi connectivity index (χ0) is 14.9. The molecule has 0 radical (unpaired) electrons. The Morgan fingerprint density at radius 1 is 1.25 bits per heavy atom. The number of benzene rings is 1. The summed E-state index contributed by atoms with van der Waals surface area (Å²) in [5.41, 5.74) is -0.365. The van der Waals surface area contributed by atoms with E-state index in [2.05, 4.69) is 6.58 Å². The molecule has 2 rings (SSSR count). The second kappa shape index (κ2) is 4.92. The predicted molar refractivity (Wildman–Crippen MR) is 71.6 cm³/mol. The minimum Gasteiger partial charge on any atom is -0.329 e. The number of allylic oxidation sites excluding steroid dienone is 1. The molecule has 0 saturated carbocycles. The highest BCUT2D eigenvalue weighted by atomic mass is 16.7. The minimum absolute atomic E-state index is 0.242. The van der Waals surface area contributed by atoms with Gasteiger partial charge in [-0.05, 0) is 32.4 Å². The van der Waals surface area contributed by atoms with Crippen LogP contribution in [0.4, 0.5) is 0 Å². The third-order valence-corrected chi connectivity index (χ3v) is 3.14. The van der Waals surface area contributed by atoms with Crippen LogP contribution in [0.2, 0.25) is 0 Å². The van der Waals surface area contributed by atoms with Crippen LogP contribution in [0, 0.1) is 5.41 Å². The van der Waals surface area contributed by atoms with Crippen LogP contribution in [0.3, 0.4) is 0 Å². The average Bonchev–Trinajstić information content (AvgIpc) is 2.64. The Morgan fingerprint density at radius 3 is 2.20 bits per heavy atom. The van der Waals surface area contributed by atoms with Gasteiger partial charge in [-0.1, -0.05) is 23.3 Å². The fraction of sp³-hybridized carbons (Fsp3) is 0.267. The Morgan fingerprint density at radius 2 is 1.75 bits per heavy atom. The zero-order valence-corrected chi connectivity index (χ0v) is 11.4. The highest BCUT2D eigenvalue weighted by Crippen LogP contribution is 2.27. The first-order chi connectivity index (χ1) is 9.38. The molecule has 0 spiro atoms. The lowest BCUT2D eigenvalue weighted by molar-refractivity contribution is -0.179. The van der Waals surface area contributed by atoms with E-state index in [1.54, 1.807) is 32.1 Å². The van der Waals surface area contributed by atoms with Crippen LogP contribution in [0.25, 0.3) is 0 Å². The first-order valence-electron chi connectivity index (χ1n) is 6.19. The van der Waals surface area contributed by atoms with Gasteiger partial charge in [-0.3, -0.25) is 9.59 Å². The smallest absolute Gasteiger partial charge is 0.329 e. The summed E-state index contributed by atoms with van der Waals surface area (Å²) in [6, 6.07) is 6.35. The number of carbonyl (C=O) groups excluding carboxylic acids is 3. The molecule has 0 N–H and O–H groups in total. The van der Waals surface area contributed by atoms with Gasteiger partial charge < -0.3 is 4.84 Å². The van der Waals surface area contributed by atoms with Crippen molar-refractivity contribution < 1.29 is 19.2 Å². The van der Waals surface area contributed by atoms with E-state index in [1.165, 1.54) is 12.1 Å². The molecule has 20 heavy (non-hydrogen) atoms. The molecular formula is C15H15NO4. The number of hydroxylamine groups is 2. The van der Waals surface area contributed by atoms with Crippen molar-refractivity contribution in [3.63, 3.8) is 0 Å². The summed E-state index contributed by atoms with van der Waals surface area (Å²) in [6.45, 7) is 6.89. The largest absolute Gasteiger partial charge is 0.339 e. The number of hydrogen-bond acceptors (Lipinski definition) is 4. The number of fused-ring (bicyclic) bond motifs is 1. The van der Waals surface area contributed by atoms with Crippen molar-refractivity contribution in [1.29, 1.82) is 0 Å². The van der Waals surface area contributed by atoms with Gasteiger partial charge in [0.05, 0.1) is 16.5 Å². The monoisotopic (exact) mass is 273 g/mol. The third-order valence-electron chi connectivity index (χ3n) is 3.14. The Bertz CT molecular complexity index is 569. The molecule has 0 unspecified atom stereocenters. The molecule has 5 nitrogen and oxygen atoms in total. The van der Waals surface area contributed by atoms with E-state index in [0.29, 0.717) is 11.5 Å². The van der Waals surface area contributed by atoms with Gasteiger partial charge in [0.25, 0.3) is 11.8 Å². The summed E-state index contributed by atoms with van der Waals surface area (Å²) in [5, 5.41) is 0.526. The van der Waals surface area contributed by atoms with Crippen molar-refractivity contribution in [3.05, 3.63) is 48.0 Å². The summed E-state index contributed by atoms with van der Waals surface area (Å²) < 4.78 is 0. The van der Waals surface area contributed by atoms with Crippen molar-refractivity contribution in [2.45, 2.75) is 20.3 Å². The molecule has 2 amide bonds. The molecule has 0 fully saturated rings. The first-order valence-corrected chi connectivity index (χ1v) is 6.19. The van der Waals surface area contributed by atoms with Crippen LogP contribution in [-0.4, -0.2) is 22.8 Å². The Kier molecular flexibility index (Phi) is 3.44. The number of imide groups is 1. The quantitative estimate of drug-likeness (QED) is 0.624. The van der Waals surface area contributed by atoms with E-state index >= 15 is 0 Å². The van der Waals surface area contributed by atoms with Gasteiger partial charge >= 0.3 is 5.97 Å². The van der Waals surface area contributed by atoms with Gasteiger partial charge in [0.15, 0.2) is 0 Å². The number of hydrogen-bond donors (Lipinski definition) is 0. The predicted octanol–water partition coefficient (Wildman–Crippen LogP) is 2.34. The number of nitrogens with zero attached hydrogens (tertiary/aromatic N) is 1. The van der Waals surface area contributed by atoms with E-state index in [1.807, 2.05) is 0 Å². The van der Waals surface area contributed by atoms with Crippen LogP contribution in [-0.2, 0) is 9.63 Å². The fourth-order valence-corrected chi connectivity index (χ4v) is 1.90. The molecule has 1 aromatic carbocycles. The third kappa shape index (κ3) is 2.22. The second-order valence-electron chi connectivity index (χ2n) is 5.21. The van der Waals surface area contributed by atoms with E-state index in [4.69, 9.17) is 4.84 Å². The average molecular weight is 273 g/mol. The first kappa shape index (κ1) is 14.0. The Hall–Kier alpha value is -2.43. The number of carbonyl (C=O) groups is 3. The standard InChI is InChI=1S/C15H15NO4/c1-4-9-15(2,3)14(19)20-16-12(17)10-7-5-6-8-11(10)13(16)18/h4-8H,1,9H2,2-3H3. The van der Waals surface area contributed by atoms with E-state index < -0.39 is 23.2 Å². The Labute approximate surface area is 116 Å². The molecule has 1 aliphatic heterocycles. The molecule has 0 atom stereocenters. The lowest BCUT2D eigenvalue weighted by Crippen LogP contribution is -2.38. The maximum atomic E-state index is 12.0. The summed E-state index contributed by atoms with van der Waals surface area (Å²) in [6.07, 6.45) is 1.97. The van der Waals surface area contributed by atoms with Crippen LogP contribution >= 0.6 is 0 Å². The fourth-order valence-electron chi connectivity index (χ4n) is 1.90. The van der Waals surface area contributed by atoms with Gasteiger partial charge in [0.1, 0.15) is 0 Å². The van der Waals surface area contributed by atoms with E-state index in [-0.39, 0.29) is 11.1 Å². The molecule has 0 bridgehead atoms. The molecule has 104 valence electrons. The lowest BCUT2D eigenvalue weighted by atomic mass is 9.90. The van der Waals surface area contributed by atoms with Crippen LogP contribution in [0.15, 0.2) is 36.9 Å². The maximum Gasteiger partial charge on any atom is 0.339 e. The van der Waals surface area contributed by atoms with Crippen molar-refractivity contribution in [3.8, 4) is 0 Å². The Balaban J connectivity index is 2.21. The molecule has 1 aliphatic rings. The topological polar surface area (TPSA) is 63.7 Å². The van der Waals surface area contributed by atoms with Gasteiger partial charge in [-0.2, -0.15) is 0 Å². The molecule has 0 aliphatic carbocycles. The van der Waals surface area contributed by atoms with Crippen molar-refractivity contribution in [1.82, 2.24) is 5.06 Å². The van der Waals surface area contributed by atoms with Gasteiger partial charge in [-0.25, -0.2) is 4.79 Å². The van der Waals surface area contributed by atoms with Gasteiger partial charge in [-0.15, -0.1) is 6.58 Å². The summed E-state index contributed by atoms with van der Waals surface area (Å²) in [5.74, 6) is -1.88.